The topological polar surface area (TPSA) is 91.4 Å². The zero-order valence-corrected chi connectivity index (χ0v) is 9.67. The Morgan fingerprint density at radius 1 is 1.59 bits per heavy atom. The van der Waals surface area contributed by atoms with Gasteiger partial charge in [-0.15, -0.1) is 0 Å². The standard InChI is InChI=1S/C10H12N2O5/c1-6-4-9(13)11(5-8(6)12(15)16)7(2)10(14)17-3/h4-5,7H,1-3H3. The predicted molar refractivity (Wildman–Crippen MR) is 58.8 cm³/mol. The molecule has 0 fully saturated rings. The Labute approximate surface area is 96.8 Å². The van der Waals surface area contributed by atoms with E-state index in [1.54, 1.807) is 0 Å². The number of nitrogens with zero attached hydrogens (tertiary/aromatic N) is 2. The first-order chi connectivity index (χ1) is 7.88. The van der Waals surface area contributed by atoms with Crippen LogP contribution in [0.2, 0.25) is 0 Å². The maximum atomic E-state index is 11.6. The van der Waals surface area contributed by atoms with Crippen molar-refractivity contribution in [3.8, 4) is 0 Å². The number of rotatable bonds is 3. The van der Waals surface area contributed by atoms with Crippen LogP contribution in [-0.4, -0.2) is 22.6 Å². The van der Waals surface area contributed by atoms with Crippen LogP contribution in [0, 0.1) is 17.0 Å². The van der Waals surface area contributed by atoms with Gasteiger partial charge in [0.15, 0.2) is 0 Å². The summed E-state index contributed by atoms with van der Waals surface area (Å²) in [4.78, 5) is 33.0. The number of nitro groups is 1. The highest BCUT2D eigenvalue weighted by Crippen LogP contribution is 2.16. The number of aryl methyl sites for hydroxylation is 1. The Morgan fingerprint density at radius 3 is 2.65 bits per heavy atom. The molecule has 7 nitrogen and oxygen atoms in total. The first-order valence-corrected chi connectivity index (χ1v) is 4.83. The fraction of sp³-hybridized carbons (Fsp3) is 0.400. The van der Waals surface area contributed by atoms with Gasteiger partial charge < -0.3 is 4.74 Å². The van der Waals surface area contributed by atoms with E-state index in [4.69, 9.17) is 0 Å². The number of ether oxygens (including phenoxy) is 1. The third-order valence-electron chi connectivity index (χ3n) is 2.42. The van der Waals surface area contributed by atoms with Gasteiger partial charge in [0.05, 0.1) is 18.2 Å². The number of aromatic nitrogens is 1. The molecule has 0 amide bonds. The minimum atomic E-state index is -0.896. The second-order valence-electron chi connectivity index (χ2n) is 3.54. The van der Waals surface area contributed by atoms with Gasteiger partial charge in [-0.05, 0) is 13.8 Å². The average Bonchev–Trinajstić information content (AvgIpc) is 2.26. The maximum Gasteiger partial charge on any atom is 0.328 e. The van der Waals surface area contributed by atoms with Crippen LogP contribution in [0.1, 0.15) is 18.5 Å². The molecule has 1 unspecified atom stereocenters. The molecule has 0 saturated heterocycles. The van der Waals surface area contributed by atoms with Crippen molar-refractivity contribution < 1.29 is 14.5 Å². The smallest absolute Gasteiger partial charge is 0.328 e. The van der Waals surface area contributed by atoms with Gasteiger partial charge >= 0.3 is 5.97 Å². The Hall–Kier alpha value is -2.18. The fourth-order valence-corrected chi connectivity index (χ4v) is 1.41. The van der Waals surface area contributed by atoms with Crippen LogP contribution >= 0.6 is 0 Å². The Morgan fingerprint density at radius 2 is 2.18 bits per heavy atom. The molecule has 0 aliphatic heterocycles. The summed E-state index contributed by atoms with van der Waals surface area (Å²) in [5, 5.41) is 10.7. The fourth-order valence-electron chi connectivity index (χ4n) is 1.41. The molecule has 1 aromatic heterocycles. The zero-order valence-electron chi connectivity index (χ0n) is 9.67. The second-order valence-corrected chi connectivity index (χ2v) is 3.54. The van der Waals surface area contributed by atoms with Gasteiger partial charge in [0, 0.05) is 11.6 Å². The zero-order chi connectivity index (χ0) is 13.2. The van der Waals surface area contributed by atoms with Gasteiger partial charge in [-0.2, -0.15) is 0 Å². The largest absolute Gasteiger partial charge is 0.467 e. The first kappa shape index (κ1) is 12.9. The normalized spacial score (nSPS) is 11.9. The van der Waals surface area contributed by atoms with Crippen molar-refractivity contribution in [2.24, 2.45) is 0 Å². The highest BCUT2D eigenvalue weighted by molar-refractivity contribution is 5.73. The quantitative estimate of drug-likeness (QED) is 0.442. The van der Waals surface area contributed by atoms with E-state index >= 15 is 0 Å². The van der Waals surface area contributed by atoms with E-state index in [2.05, 4.69) is 4.74 Å². The lowest BCUT2D eigenvalue weighted by Gasteiger charge is -2.12. The Bertz CT molecular complexity index is 520. The molecule has 0 aliphatic carbocycles. The molecule has 1 heterocycles. The number of hydrogen-bond donors (Lipinski definition) is 0. The van der Waals surface area contributed by atoms with E-state index in [0.29, 0.717) is 0 Å². The molecule has 0 N–H and O–H groups in total. The SMILES string of the molecule is COC(=O)C(C)n1cc([N+](=O)[O-])c(C)cc1=O. The molecule has 0 bridgehead atoms. The van der Waals surface area contributed by atoms with Gasteiger partial charge in [0.2, 0.25) is 0 Å². The van der Waals surface area contributed by atoms with Crippen molar-refractivity contribution in [2.45, 2.75) is 19.9 Å². The van der Waals surface area contributed by atoms with Crippen LogP contribution in [0.4, 0.5) is 5.69 Å². The number of carbonyl (C=O) groups is 1. The van der Waals surface area contributed by atoms with Crippen LogP contribution in [0.15, 0.2) is 17.1 Å². The molecule has 17 heavy (non-hydrogen) atoms. The maximum absolute atomic E-state index is 11.6. The highest BCUT2D eigenvalue weighted by Gasteiger charge is 2.20. The molecular formula is C10H12N2O5. The van der Waals surface area contributed by atoms with Crippen molar-refractivity contribution in [1.82, 2.24) is 4.57 Å². The molecule has 0 aliphatic rings. The van der Waals surface area contributed by atoms with E-state index in [-0.39, 0.29) is 11.3 Å². The molecule has 7 heteroatoms. The summed E-state index contributed by atoms with van der Waals surface area (Å²) in [6.45, 7) is 2.90. The first-order valence-electron chi connectivity index (χ1n) is 4.83. The summed E-state index contributed by atoms with van der Waals surface area (Å²) in [6, 6.07) is 0.226. The Kier molecular flexibility index (Phi) is 3.62. The van der Waals surface area contributed by atoms with Gasteiger partial charge in [0.1, 0.15) is 6.04 Å². The molecule has 0 radical (unpaired) electrons. The molecule has 92 valence electrons. The summed E-state index contributed by atoms with van der Waals surface area (Å²) in [6.07, 6.45) is 1.05. The summed E-state index contributed by atoms with van der Waals surface area (Å²) in [7, 11) is 1.19. The van der Waals surface area contributed by atoms with Gasteiger partial charge in [-0.3, -0.25) is 19.5 Å². The van der Waals surface area contributed by atoms with Gasteiger partial charge in [0.25, 0.3) is 11.2 Å². The van der Waals surface area contributed by atoms with E-state index in [1.165, 1.54) is 21.0 Å². The van der Waals surface area contributed by atoms with Crippen LogP contribution in [0.3, 0.4) is 0 Å². The van der Waals surface area contributed by atoms with Crippen LogP contribution < -0.4 is 5.56 Å². The number of carbonyl (C=O) groups excluding carboxylic acids is 1. The molecule has 1 aromatic rings. The van der Waals surface area contributed by atoms with Crippen molar-refractivity contribution in [1.29, 1.82) is 0 Å². The molecule has 1 atom stereocenters. The second kappa shape index (κ2) is 4.77. The molecule has 0 spiro atoms. The van der Waals surface area contributed by atoms with Crippen molar-refractivity contribution >= 4 is 11.7 Å². The van der Waals surface area contributed by atoms with Crippen molar-refractivity contribution in [3.63, 3.8) is 0 Å². The van der Waals surface area contributed by atoms with Crippen LogP contribution in [0.25, 0.3) is 0 Å². The molecule has 1 rings (SSSR count). The summed E-state index contributed by atoms with van der Waals surface area (Å²) < 4.78 is 5.47. The summed E-state index contributed by atoms with van der Waals surface area (Å²) >= 11 is 0. The van der Waals surface area contributed by atoms with E-state index < -0.39 is 22.5 Å². The average molecular weight is 240 g/mol. The number of methoxy groups -OCH3 is 1. The molecule has 0 saturated carbocycles. The Balaban J connectivity index is 3.35. The lowest BCUT2D eigenvalue weighted by atomic mass is 10.2. The minimum Gasteiger partial charge on any atom is -0.467 e. The van der Waals surface area contributed by atoms with Crippen LogP contribution in [-0.2, 0) is 9.53 Å². The van der Waals surface area contributed by atoms with Crippen molar-refractivity contribution in [3.05, 3.63) is 38.3 Å². The third kappa shape index (κ3) is 2.49. The molecule has 0 aromatic carbocycles. The van der Waals surface area contributed by atoms with E-state index in [9.17, 15) is 19.7 Å². The monoisotopic (exact) mass is 240 g/mol. The lowest BCUT2D eigenvalue weighted by Crippen LogP contribution is -2.28. The summed E-state index contributed by atoms with van der Waals surface area (Å²) in [5.74, 6) is -0.634. The van der Waals surface area contributed by atoms with Gasteiger partial charge in [-0.1, -0.05) is 0 Å². The van der Waals surface area contributed by atoms with Crippen LogP contribution in [0.5, 0.6) is 0 Å². The number of hydrogen-bond acceptors (Lipinski definition) is 5. The minimum absolute atomic E-state index is 0.208. The number of esters is 1. The van der Waals surface area contributed by atoms with Crippen molar-refractivity contribution in [2.75, 3.05) is 7.11 Å². The molecular weight excluding hydrogens is 228 g/mol. The summed E-state index contributed by atoms with van der Waals surface area (Å²) in [5.41, 5.74) is -0.431. The highest BCUT2D eigenvalue weighted by atomic mass is 16.6. The lowest BCUT2D eigenvalue weighted by molar-refractivity contribution is -0.386. The number of pyridine rings is 1. The predicted octanol–water partition coefficient (Wildman–Crippen LogP) is 0.799. The van der Waals surface area contributed by atoms with E-state index in [1.807, 2.05) is 0 Å². The van der Waals surface area contributed by atoms with E-state index in [0.717, 1.165) is 16.8 Å². The van der Waals surface area contributed by atoms with Gasteiger partial charge in [-0.25, -0.2) is 4.79 Å². The third-order valence-corrected chi connectivity index (χ3v) is 2.42.